The summed E-state index contributed by atoms with van der Waals surface area (Å²) in [6.07, 6.45) is 3.73. The van der Waals surface area contributed by atoms with Crippen LogP contribution in [0.3, 0.4) is 0 Å². The quantitative estimate of drug-likeness (QED) is 0.857. The highest BCUT2D eigenvalue weighted by atomic mass is 35.5. The molecule has 6 heteroatoms. The fourth-order valence-electron chi connectivity index (χ4n) is 2.49. The van der Waals surface area contributed by atoms with Gasteiger partial charge in [0.15, 0.2) is 5.69 Å². The molecule has 110 valence electrons. The van der Waals surface area contributed by atoms with Gasteiger partial charge in [0, 0.05) is 13.1 Å². The Kier molecular flexibility index (Phi) is 3.92. The number of carbonyl (C=O) groups is 1. The van der Waals surface area contributed by atoms with Crippen LogP contribution in [0.4, 0.5) is 0 Å². The van der Waals surface area contributed by atoms with Crippen molar-refractivity contribution in [1.82, 2.24) is 19.9 Å². The smallest absolute Gasteiger partial charge is 0.276 e. The number of benzene rings is 1. The number of hydrogen-bond donors (Lipinski definition) is 0. The first-order chi connectivity index (χ1) is 10.1. The van der Waals surface area contributed by atoms with Gasteiger partial charge in [0.2, 0.25) is 0 Å². The number of piperidine rings is 1. The van der Waals surface area contributed by atoms with Gasteiger partial charge in [-0.1, -0.05) is 35.9 Å². The first-order valence-electron chi connectivity index (χ1n) is 7.11. The molecule has 2 aromatic rings. The monoisotopic (exact) mass is 304 g/mol. The summed E-state index contributed by atoms with van der Waals surface area (Å²) in [5.41, 5.74) is 1.09. The standard InChI is InChI=1S/C15H17ClN4O/c1-11-6-8-19(9-7-11)15(21)13-10-20(18-17-13)14-5-3-2-4-12(14)16/h2-5,10-11H,6-9H2,1H3. The molecule has 5 nitrogen and oxygen atoms in total. The van der Waals surface area contributed by atoms with Crippen molar-refractivity contribution in [3.8, 4) is 5.69 Å². The van der Waals surface area contributed by atoms with E-state index in [4.69, 9.17) is 11.6 Å². The largest absolute Gasteiger partial charge is 0.337 e. The molecule has 1 saturated heterocycles. The predicted molar refractivity (Wildman–Crippen MR) is 80.7 cm³/mol. The molecule has 3 rings (SSSR count). The number of hydrogen-bond acceptors (Lipinski definition) is 3. The molecule has 1 fully saturated rings. The summed E-state index contributed by atoms with van der Waals surface area (Å²) in [6.45, 7) is 3.80. The van der Waals surface area contributed by atoms with Crippen LogP contribution in [0.15, 0.2) is 30.5 Å². The highest BCUT2D eigenvalue weighted by Crippen LogP contribution is 2.20. The van der Waals surface area contributed by atoms with Gasteiger partial charge in [-0.05, 0) is 30.9 Å². The number of nitrogens with zero attached hydrogens (tertiary/aromatic N) is 4. The van der Waals surface area contributed by atoms with Gasteiger partial charge in [0.05, 0.1) is 16.9 Å². The van der Waals surface area contributed by atoms with Crippen molar-refractivity contribution in [2.45, 2.75) is 19.8 Å². The van der Waals surface area contributed by atoms with Crippen LogP contribution in [0, 0.1) is 5.92 Å². The number of para-hydroxylation sites is 1. The van der Waals surface area contributed by atoms with E-state index >= 15 is 0 Å². The van der Waals surface area contributed by atoms with Gasteiger partial charge < -0.3 is 4.90 Å². The van der Waals surface area contributed by atoms with Crippen molar-refractivity contribution in [3.05, 3.63) is 41.2 Å². The van der Waals surface area contributed by atoms with Gasteiger partial charge in [-0.25, -0.2) is 4.68 Å². The van der Waals surface area contributed by atoms with E-state index in [2.05, 4.69) is 17.2 Å². The van der Waals surface area contributed by atoms with Crippen LogP contribution in [0.1, 0.15) is 30.3 Å². The Morgan fingerprint density at radius 3 is 2.71 bits per heavy atom. The average molecular weight is 305 g/mol. The lowest BCUT2D eigenvalue weighted by Gasteiger charge is -2.29. The molecule has 21 heavy (non-hydrogen) atoms. The molecule has 1 amide bonds. The Balaban J connectivity index is 1.79. The number of carbonyl (C=O) groups excluding carboxylic acids is 1. The molecule has 0 spiro atoms. The molecular weight excluding hydrogens is 288 g/mol. The first-order valence-corrected chi connectivity index (χ1v) is 7.49. The summed E-state index contributed by atoms with van der Waals surface area (Å²) < 4.78 is 1.54. The van der Waals surface area contributed by atoms with Crippen LogP contribution in [-0.2, 0) is 0 Å². The Labute approximate surface area is 128 Å². The molecule has 0 unspecified atom stereocenters. The van der Waals surface area contributed by atoms with Gasteiger partial charge in [-0.15, -0.1) is 5.10 Å². The second kappa shape index (κ2) is 5.85. The third-order valence-electron chi connectivity index (χ3n) is 3.88. The zero-order valence-electron chi connectivity index (χ0n) is 11.9. The molecule has 0 atom stereocenters. The molecule has 0 saturated carbocycles. The summed E-state index contributed by atoms with van der Waals surface area (Å²) in [4.78, 5) is 14.3. The topological polar surface area (TPSA) is 51.0 Å². The number of likely N-dealkylation sites (tertiary alicyclic amines) is 1. The molecule has 0 aliphatic carbocycles. The molecule has 2 heterocycles. The van der Waals surface area contributed by atoms with Crippen LogP contribution in [-0.4, -0.2) is 38.9 Å². The predicted octanol–water partition coefficient (Wildman–Crippen LogP) is 2.79. The molecule has 1 aromatic carbocycles. The van der Waals surface area contributed by atoms with Gasteiger partial charge in [-0.2, -0.15) is 0 Å². The minimum absolute atomic E-state index is 0.0554. The normalized spacial score (nSPS) is 16.2. The molecule has 0 bridgehead atoms. The average Bonchev–Trinajstić information content (AvgIpc) is 2.97. The van der Waals surface area contributed by atoms with Crippen molar-refractivity contribution in [3.63, 3.8) is 0 Å². The number of rotatable bonds is 2. The van der Waals surface area contributed by atoms with E-state index in [0.29, 0.717) is 16.6 Å². The summed E-state index contributed by atoms with van der Waals surface area (Å²) in [5.74, 6) is 0.632. The second-order valence-electron chi connectivity index (χ2n) is 5.47. The maximum atomic E-state index is 12.4. The van der Waals surface area contributed by atoms with E-state index in [9.17, 15) is 4.79 Å². The van der Waals surface area contributed by atoms with E-state index in [1.165, 1.54) is 0 Å². The molecule has 0 radical (unpaired) electrons. The van der Waals surface area contributed by atoms with E-state index in [1.54, 1.807) is 16.9 Å². The van der Waals surface area contributed by atoms with E-state index in [-0.39, 0.29) is 5.91 Å². The second-order valence-corrected chi connectivity index (χ2v) is 5.88. The van der Waals surface area contributed by atoms with E-state index in [1.807, 2.05) is 23.1 Å². The van der Waals surface area contributed by atoms with Crippen molar-refractivity contribution >= 4 is 17.5 Å². The molecule has 1 aromatic heterocycles. The van der Waals surface area contributed by atoms with Gasteiger partial charge in [0.1, 0.15) is 0 Å². The Bertz CT molecular complexity index is 647. The summed E-state index contributed by atoms with van der Waals surface area (Å²) in [7, 11) is 0. The van der Waals surface area contributed by atoms with Gasteiger partial charge >= 0.3 is 0 Å². The molecular formula is C15H17ClN4O. The first kappa shape index (κ1) is 14.1. The zero-order valence-corrected chi connectivity index (χ0v) is 12.6. The van der Waals surface area contributed by atoms with Gasteiger partial charge in [0.25, 0.3) is 5.91 Å². The Morgan fingerprint density at radius 1 is 1.29 bits per heavy atom. The number of aromatic nitrogens is 3. The van der Waals surface area contributed by atoms with Crippen LogP contribution in [0.25, 0.3) is 5.69 Å². The van der Waals surface area contributed by atoms with Crippen molar-refractivity contribution < 1.29 is 4.79 Å². The molecule has 0 N–H and O–H groups in total. The number of amides is 1. The lowest BCUT2D eigenvalue weighted by Crippen LogP contribution is -2.38. The van der Waals surface area contributed by atoms with E-state index in [0.717, 1.165) is 31.6 Å². The summed E-state index contributed by atoms with van der Waals surface area (Å²) in [6, 6.07) is 7.35. The maximum Gasteiger partial charge on any atom is 0.276 e. The van der Waals surface area contributed by atoms with Crippen molar-refractivity contribution in [1.29, 1.82) is 0 Å². The lowest BCUT2D eigenvalue weighted by atomic mass is 9.99. The fraction of sp³-hybridized carbons (Fsp3) is 0.400. The molecule has 1 aliphatic rings. The Morgan fingerprint density at radius 2 is 2.00 bits per heavy atom. The third-order valence-corrected chi connectivity index (χ3v) is 4.20. The SMILES string of the molecule is CC1CCN(C(=O)c2cn(-c3ccccc3Cl)nn2)CC1. The van der Waals surface area contributed by atoms with E-state index < -0.39 is 0 Å². The zero-order chi connectivity index (χ0) is 14.8. The summed E-state index contributed by atoms with van der Waals surface area (Å²) in [5, 5.41) is 8.58. The maximum absolute atomic E-state index is 12.4. The summed E-state index contributed by atoms with van der Waals surface area (Å²) >= 11 is 6.13. The molecule has 1 aliphatic heterocycles. The highest BCUT2D eigenvalue weighted by Gasteiger charge is 2.23. The van der Waals surface area contributed by atoms with Gasteiger partial charge in [-0.3, -0.25) is 4.79 Å². The third kappa shape index (κ3) is 2.93. The minimum Gasteiger partial charge on any atom is -0.337 e. The lowest BCUT2D eigenvalue weighted by molar-refractivity contribution is 0.0691. The van der Waals surface area contributed by atoms with Crippen molar-refractivity contribution in [2.24, 2.45) is 5.92 Å². The van der Waals surface area contributed by atoms with Crippen molar-refractivity contribution in [2.75, 3.05) is 13.1 Å². The van der Waals surface area contributed by atoms with Crippen LogP contribution in [0.5, 0.6) is 0 Å². The van der Waals surface area contributed by atoms with Crippen LogP contribution < -0.4 is 0 Å². The highest BCUT2D eigenvalue weighted by molar-refractivity contribution is 6.32. The van der Waals surface area contributed by atoms with Crippen LogP contribution in [0.2, 0.25) is 5.02 Å². The Hall–Kier alpha value is -1.88. The fourth-order valence-corrected chi connectivity index (χ4v) is 2.71. The van der Waals surface area contributed by atoms with Crippen LogP contribution >= 0.6 is 11.6 Å². The number of halogens is 1. The minimum atomic E-state index is -0.0554.